The largest absolute Gasteiger partial charge is 0.340 e. The van der Waals surface area contributed by atoms with Crippen molar-refractivity contribution in [2.75, 3.05) is 0 Å². The van der Waals surface area contributed by atoms with Gasteiger partial charge in [0.1, 0.15) is 16.6 Å². The van der Waals surface area contributed by atoms with Gasteiger partial charge in [0.25, 0.3) is 0 Å². The number of rotatable bonds is 2. The quantitative estimate of drug-likeness (QED) is 0.902. The summed E-state index contributed by atoms with van der Waals surface area (Å²) in [5.74, 6) is 0.0301. The molecule has 2 amide bonds. The number of aromatic nitrogens is 1. The van der Waals surface area contributed by atoms with Crippen molar-refractivity contribution in [3.63, 3.8) is 0 Å². The Labute approximate surface area is 122 Å². The highest BCUT2D eigenvalue weighted by molar-refractivity contribution is 7.09. The van der Waals surface area contributed by atoms with E-state index in [4.69, 9.17) is 0 Å². The van der Waals surface area contributed by atoms with Crippen molar-refractivity contribution >= 4 is 23.2 Å². The molecule has 0 bridgehead atoms. The molecule has 2 fully saturated rings. The number of carbonyl (C=O) groups is 2. The first kappa shape index (κ1) is 13.5. The zero-order chi connectivity index (χ0) is 14.2. The minimum absolute atomic E-state index is 0.0388. The van der Waals surface area contributed by atoms with Crippen LogP contribution in [0.1, 0.15) is 44.0 Å². The van der Waals surface area contributed by atoms with Crippen molar-refractivity contribution in [2.45, 2.75) is 57.2 Å². The van der Waals surface area contributed by atoms with Crippen molar-refractivity contribution in [1.82, 2.24) is 15.2 Å². The molecule has 1 aromatic rings. The van der Waals surface area contributed by atoms with Gasteiger partial charge in [-0.05, 0) is 19.8 Å². The molecule has 0 radical (unpaired) electrons. The van der Waals surface area contributed by atoms with Crippen molar-refractivity contribution < 1.29 is 9.59 Å². The van der Waals surface area contributed by atoms with Gasteiger partial charge in [-0.1, -0.05) is 19.3 Å². The highest BCUT2D eigenvalue weighted by Gasteiger charge is 2.49. The fraction of sp³-hybridized carbons (Fsp3) is 0.643. The fourth-order valence-corrected chi connectivity index (χ4v) is 3.78. The van der Waals surface area contributed by atoms with E-state index in [1.807, 2.05) is 5.38 Å². The van der Waals surface area contributed by atoms with E-state index >= 15 is 0 Å². The second-order valence-corrected chi connectivity index (χ2v) is 6.65. The third-order valence-electron chi connectivity index (χ3n) is 4.38. The second kappa shape index (κ2) is 5.16. The van der Waals surface area contributed by atoms with Gasteiger partial charge in [-0.15, -0.1) is 11.3 Å². The predicted octanol–water partition coefficient (Wildman–Crippen LogP) is 1.69. The van der Waals surface area contributed by atoms with Crippen molar-refractivity contribution in [2.24, 2.45) is 0 Å². The topological polar surface area (TPSA) is 62.3 Å². The molecule has 3 rings (SSSR count). The van der Waals surface area contributed by atoms with E-state index in [9.17, 15) is 9.59 Å². The lowest BCUT2D eigenvalue weighted by Crippen LogP contribution is -2.69. The SMILES string of the molecule is CC1C(=O)NC2(CCCCC2)C(=O)N1Cc1nccs1. The first-order valence-electron chi connectivity index (χ1n) is 7.14. The molecular formula is C14H19N3O2S. The van der Waals surface area contributed by atoms with E-state index in [0.29, 0.717) is 6.54 Å². The summed E-state index contributed by atoms with van der Waals surface area (Å²) in [7, 11) is 0. The number of nitrogens with zero attached hydrogens (tertiary/aromatic N) is 2. The standard InChI is InChI=1S/C14H19N3O2S/c1-10-12(18)16-14(5-3-2-4-6-14)13(19)17(10)9-11-15-7-8-20-11/h7-8,10H,2-6,9H2,1H3,(H,16,18). The number of carbonyl (C=O) groups excluding carboxylic acids is 2. The van der Waals surface area contributed by atoms with Crippen LogP contribution in [-0.2, 0) is 16.1 Å². The molecule has 2 heterocycles. The fourth-order valence-electron chi connectivity index (χ4n) is 3.17. The van der Waals surface area contributed by atoms with Gasteiger partial charge in [-0.3, -0.25) is 9.59 Å². The molecule has 1 aliphatic carbocycles. The summed E-state index contributed by atoms with van der Waals surface area (Å²) in [6.45, 7) is 2.23. The Morgan fingerprint density at radius 3 is 2.80 bits per heavy atom. The molecule has 5 nitrogen and oxygen atoms in total. The lowest BCUT2D eigenvalue weighted by Gasteiger charge is -2.46. The van der Waals surface area contributed by atoms with Crippen LogP contribution >= 0.6 is 11.3 Å². The summed E-state index contributed by atoms with van der Waals surface area (Å²) in [5, 5.41) is 5.77. The van der Waals surface area contributed by atoms with E-state index in [-0.39, 0.29) is 11.8 Å². The number of hydrogen-bond donors (Lipinski definition) is 1. The van der Waals surface area contributed by atoms with Gasteiger partial charge >= 0.3 is 0 Å². The monoisotopic (exact) mass is 293 g/mol. The van der Waals surface area contributed by atoms with E-state index in [0.717, 1.165) is 37.1 Å². The highest BCUT2D eigenvalue weighted by atomic mass is 32.1. The molecule has 1 atom stereocenters. The predicted molar refractivity (Wildman–Crippen MR) is 76.1 cm³/mol. The summed E-state index contributed by atoms with van der Waals surface area (Å²) >= 11 is 1.52. The molecule has 1 N–H and O–H groups in total. The molecular weight excluding hydrogens is 274 g/mol. The maximum Gasteiger partial charge on any atom is 0.249 e. The summed E-state index contributed by atoms with van der Waals surface area (Å²) in [6.07, 6.45) is 6.41. The summed E-state index contributed by atoms with van der Waals surface area (Å²) in [6, 6.07) is -0.418. The molecule has 0 aromatic carbocycles. The number of thiazole rings is 1. The average Bonchev–Trinajstić information content (AvgIpc) is 2.96. The Morgan fingerprint density at radius 1 is 1.40 bits per heavy atom. The van der Waals surface area contributed by atoms with Crippen LogP contribution in [0.5, 0.6) is 0 Å². The molecule has 6 heteroatoms. The zero-order valence-corrected chi connectivity index (χ0v) is 12.4. The van der Waals surface area contributed by atoms with Crippen LogP contribution in [0.25, 0.3) is 0 Å². The third kappa shape index (κ3) is 2.22. The molecule has 1 aliphatic heterocycles. The van der Waals surface area contributed by atoms with Gasteiger partial charge in [0, 0.05) is 11.6 Å². The lowest BCUT2D eigenvalue weighted by atomic mass is 9.78. The van der Waals surface area contributed by atoms with Gasteiger partial charge in [0.15, 0.2) is 0 Å². The molecule has 1 spiro atoms. The molecule has 1 aromatic heterocycles. The minimum atomic E-state index is -0.654. The van der Waals surface area contributed by atoms with Gasteiger partial charge in [0.2, 0.25) is 11.8 Å². The molecule has 108 valence electrons. The first-order chi connectivity index (χ1) is 9.62. The number of hydrogen-bond acceptors (Lipinski definition) is 4. The summed E-state index contributed by atoms with van der Waals surface area (Å²) in [5.41, 5.74) is -0.654. The Bertz CT molecular complexity index is 508. The first-order valence-corrected chi connectivity index (χ1v) is 8.02. The Balaban J connectivity index is 1.86. The van der Waals surface area contributed by atoms with E-state index in [1.165, 1.54) is 11.3 Å². The summed E-state index contributed by atoms with van der Waals surface area (Å²) in [4.78, 5) is 31.0. The van der Waals surface area contributed by atoms with E-state index in [2.05, 4.69) is 10.3 Å². The number of piperazine rings is 1. The molecule has 1 saturated carbocycles. The summed E-state index contributed by atoms with van der Waals surface area (Å²) < 4.78 is 0. The average molecular weight is 293 g/mol. The van der Waals surface area contributed by atoms with Gasteiger partial charge < -0.3 is 10.2 Å². The van der Waals surface area contributed by atoms with E-state index in [1.54, 1.807) is 18.0 Å². The maximum absolute atomic E-state index is 12.9. The van der Waals surface area contributed by atoms with Gasteiger partial charge in [-0.25, -0.2) is 4.98 Å². The zero-order valence-electron chi connectivity index (χ0n) is 11.6. The van der Waals surface area contributed by atoms with Crippen LogP contribution in [0.3, 0.4) is 0 Å². The van der Waals surface area contributed by atoms with Crippen LogP contribution in [-0.4, -0.2) is 33.3 Å². The van der Waals surface area contributed by atoms with Crippen LogP contribution < -0.4 is 5.32 Å². The minimum Gasteiger partial charge on any atom is -0.340 e. The molecule has 20 heavy (non-hydrogen) atoms. The van der Waals surface area contributed by atoms with Crippen LogP contribution in [0.2, 0.25) is 0 Å². The Kier molecular flexibility index (Phi) is 3.50. The Hall–Kier alpha value is -1.43. The van der Waals surface area contributed by atoms with Gasteiger partial charge in [0.05, 0.1) is 6.54 Å². The smallest absolute Gasteiger partial charge is 0.249 e. The van der Waals surface area contributed by atoms with Crippen molar-refractivity contribution in [1.29, 1.82) is 0 Å². The molecule has 2 aliphatic rings. The van der Waals surface area contributed by atoms with Crippen molar-refractivity contribution in [3.05, 3.63) is 16.6 Å². The highest BCUT2D eigenvalue weighted by Crippen LogP contribution is 2.33. The maximum atomic E-state index is 12.9. The lowest BCUT2D eigenvalue weighted by molar-refractivity contribution is -0.156. The van der Waals surface area contributed by atoms with E-state index < -0.39 is 11.6 Å². The van der Waals surface area contributed by atoms with Gasteiger partial charge in [-0.2, -0.15) is 0 Å². The molecule has 1 saturated heterocycles. The second-order valence-electron chi connectivity index (χ2n) is 5.67. The Morgan fingerprint density at radius 2 is 2.15 bits per heavy atom. The number of nitrogens with one attached hydrogen (secondary N) is 1. The third-order valence-corrected chi connectivity index (χ3v) is 5.14. The number of amides is 2. The van der Waals surface area contributed by atoms with Crippen LogP contribution in [0.15, 0.2) is 11.6 Å². The van der Waals surface area contributed by atoms with Crippen molar-refractivity contribution in [3.8, 4) is 0 Å². The van der Waals surface area contributed by atoms with Crippen LogP contribution in [0.4, 0.5) is 0 Å². The normalized spacial score (nSPS) is 25.9. The van der Waals surface area contributed by atoms with Crippen LogP contribution in [0, 0.1) is 0 Å². The molecule has 1 unspecified atom stereocenters.